The third-order valence-corrected chi connectivity index (χ3v) is 9.56. The molecule has 36 heavy (non-hydrogen) atoms. The fourth-order valence-electron chi connectivity index (χ4n) is 7.70. The van der Waals surface area contributed by atoms with Gasteiger partial charge in [-0.2, -0.15) is 0 Å². The zero-order chi connectivity index (χ0) is 26.5. The van der Waals surface area contributed by atoms with E-state index in [0.29, 0.717) is 18.4 Å². The Kier molecular flexibility index (Phi) is 5.34. The van der Waals surface area contributed by atoms with E-state index in [4.69, 9.17) is 9.47 Å². The van der Waals surface area contributed by atoms with Crippen LogP contribution in [-0.4, -0.2) is 49.9 Å². The minimum Gasteiger partial charge on any atom is -0.462 e. The van der Waals surface area contributed by atoms with Gasteiger partial charge in [0, 0.05) is 51.6 Å². The first-order valence-corrected chi connectivity index (χ1v) is 12.4. The molecule has 11 nitrogen and oxygen atoms in total. The van der Waals surface area contributed by atoms with Crippen LogP contribution in [0, 0.1) is 35.0 Å². The van der Waals surface area contributed by atoms with Gasteiger partial charge < -0.3 is 19.9 Å². The molecule has 9 atom stereocenters. The smallest absolute Gasteiger partial charge is 0.332 e. The molecule has 3 fully saturated rings. The van der Waals surface area contributed by atoms with Crippen LogP contribution in [0.25, 0.3) is 0 Å². The van der Waals surface area contributed by atoms with E-state index >= 15 is 0 Å². The predicted octanol–water partition coefficient (Wildman–Crippen LogP) is 0.101. The summed E-state index contributed by atoms with van der Waals surface area (Å²) in [5.41, 5.74) is -2.59. The van der Waals surface area contributed by atoms with Gasteiger partial charge in [0.2, 0.25) is 5.91 Å². The van der Waals surface area contributed by atoms with Gasteiger partial charge >= 0.3 is 17.6 Å². The second kappa shape index (κ2) is 7.77. The van der Waals surface area contributed by atoms with Crippen molar-refractivity contribution in [3.8, 4) is 0 Å². The van der Waals surface area contributed by atoms with Crippen molar-refractivity contribution in [1.82, 2.24) is 9.13 Å². The summed E-state index contributed by atoms with van der Waals surface area (Å²) < 4.78 is 13.6. The molecule has 196 valence electrons. The lowest BCUT2D eigenvalue weighted by atomic mass is 9.59. The summed E-state index contributed by atoms with van der Waals surface area (Å²) in [5, 5.41) is 15.0. The highest BCUT2D eigenvalue weighted by molar-refractivity contribution is 5.95. The van der Waals surface area contributed by atoms with Crippen molar-refractivity contribution in [3.05, 3.63) is 26.4 Å². The third-order valence-electron chi connectivity index (χ3n) is 9.56. The van der Waals surface area contributed by atoms with Gasteiger partial charge in [-0.25, -0.2) is 4.79 Å². The molecule has 1 aromatic heterocycles. The van der Waals surface area contributed by atoms with Gasteiger partial charge in [0.25, 0.3) is 5.56 Å². The first kappa shape index (κ1) is 24.7. The number of ether oxygens (including phenoxy) is 2. The van der Waals surface area contributed by atoms with E-state index in [0.717, 1.165) is 4.57 Å². The maximum atomic E-state index is 13.5. The summed E-state index contributed by atoms with van der Waals surface area (Å²) in [7, 11) is 2.88. The number of carbonyl (C=O) groups excluding carboxylic acids is 3. The molecule has 4 aliphatic rings. The number of hydrogen-bond acceptors (Lipinski definition) is 8. The Morgan fingerprint density at radius 3 is 2.33 bits per heavy atom. The Hall–Kier alpha value is -2.95. The summed E-state index contributed by atoms with van der Waals surface area (Å²) in [5.74, 6) is -3.43. The molecule has 11 heteroatoms. The Bertz CT molecular complexity index is 1300. The molecule has 0 aromatic carbocycles. The fraction of sp³-hybridized carbons (Fsp3) is 0.720. The molecule has 3 saturated carbocycles. The van der Waals surface area contributed by atoms with Gasteiger partial charge in [-0.05, 0) is 30.6 Å². The lowest BCUT2D eigenvalue weighted by Gasteiger charge is -2.51. The second-order valence-corrected chi connectivity index (χ2v) is 11.4. The standard InChI is InChI=1S/C25H33N3O8/c1-10-16(35-11(2)29)8-17-24(4)9-15(24)18(19(25(10,17)34)36-12(3)30)13-7-14-20(26-21(13)31)27(5)23(33)28(6)22(14)32/h10,13,15-19,34H,7-9H2,1-6H3,(H,26,31)/t10-,13-,15+,16-,17-,18+,19-,24+,25-/m0/s1. The molecular weight excluding hydrogens is 470 g/mol. The SMILES string of the molecule is CC(=O)O[C@H]1C[C@H]2[C@]3(C)C[C@@H]3[C@@H]([C@@H]3Cc4c(n(C)c(=O)n(C)c4=O)NC3=O)[C@H](OC(C)=O)[C@]2(O)[C@H]1C. The molecule has 5 rings (SSSR count). The Balaban J connectivity index is 1.61. The zero-order valence-corrected chi connectivity index (χ0v) is 21.4. The monoisotopic (exact) mass is 503 g/mol. The summed E-state index contributed by atoms with van der Waals surface area (Å²) in [4.78, 5) is 62.9. The van der Waals surface area contributed by atoms with E-state index < -0.39 is 58.8 Å². The summed E-state index contributed by atoms with van der Waals surface area (Å²) in [6.45, 7) is 6.44. The van der Waals surface area contributed by atoms with E-state index in [1.807, 2.05) is 0 Å². The number of nitrogens with one attached hydrogen (secondary N) is 1. The largest absolute Gasteiger partial charge is 0.462 e. The molecule has 0 saturated heterocycles. The lowest BCUT2D eigenvalue weighted by molar-refractivity contribution is -0.216. The fourth-order valence-corrected chi connectivity index (χ4v) is 7.70. The predicted molar refractivity (Wildman–Crippen MR) is 126 cm³/mol. The molecule has 0 spiro atoms. The molecule has 0 radical (unpaired) electrons. The van der Waals surface area contributed by atoms with Crippen molar-refractivity contribution in [2.45, 2.75) is 64.8 Å². The Labute approximate surface area is 207 Å². The molecular formula is C25H33N3O8. The van der Waals surface area contributed by atoms with Crippen molar-refractivity contribution >= 4 is 23.7 Å². The Morgan fingerprint density at radius 2 is 1.72 bits per heavy atom. The molecule has 2 heterocycles. The first-order chi connectivity index (χ1) is 16.7. The maximum absolute atomic E-state index is 13.5. The third kappa shape index (κ3) is 3.17. The van der Waals surface area contributed by atoms with Gasteiger partial charge in [0.1, 0.15) is 23.6 Å². The van der Waals surface area contributed by atoms with Gasteiger partial charge in [-0.3, -0.25) is 28.3 Å². The highest BCUT2D eigenvalue weighted by Gasteiger charge is 2.77. The number of amides is 1. The lowest BCUT2D eigenvalue weighted by Crippen LogP contribution is -2.63. The van der Waals surface area contributed by atoms with Crippen LogP contribution in [0.15, 0.2) is 9.59 Å². The molecule has 1 aromatic rings. The zero-order valence-electron chi connectivity index (χ0n) is 21.4. The van der Waals surface area contributed by atoms with Crippen LogP contribution >= 0.6 is 0 Å². The minimum atomic E-state index is -1.52. The number of carbonyl (C=O) groups is 3. The number of anilines is 1. The highest BCUT2D eigenvalue weighted by atomic mass is 16.6. The molecule has 0 unspecified atom stereocenters. The number of fused-ring (bicyclic) bond motifs is 4. The van der Waals surface area contributed by atoms with E-state index in [9.17, 15) is 29.1 Å². The van der Waals surface area contributed by atoms with Crippen LogP contribution in [0.3, 0.4) is 0 Å². The first-order valence-electron chi connectivity index (χ1n) is 12.4. The number of aromatic nitrogens is 2. The van der Waals surface area contributed by atoms with E-state index in [1.54, 1.807) is 6.92 Å². The van der Waals surface area contributed by atoms with Gasteiger partial charge in [-0.15, -0.1) is 0 Å². The summed E-state index contributed by atoms with van der Waals surface area (Å²) >= 11 is 0. The number of rotatable bonds is 3. The van der Waals surface area contributed by atoms with E-state index in [-0.39, 0.29) is 35.4 Å². The average Bonchev–Trinajstić information content (AvgIpc) is 3.41. The number of hydrogen-bond donors (Lipinski definition) is 2. The second-order valence-electron chi connectivity index (χ2n) is 11.4. The molecule has 2 N–H and O–H groups in total. The van der Waals surface area contributed by atoms with Crippen molar-refractivity contribution in [2.24, 2.45) is 49.1 Å². The average molecular weight is 504 g/mol. The van der Waals surface area contributed by atoms with Crippen molar-refractivity contribution < 1.29 is 29.0 Å². The molecule has 1 aliphatic heterocycles. The van der Waals surface area contributed by atoms with Crippen LogP contribution in [-0.2, 0) is 44.4 Å². The number of aliphatic hydroxyl groups is 1. The van der Waals surface area contributed by atoms with Gasteiger partial charge in [-0.1, -0.05) is 13.8 Å². The quantitative estimate of drug-likeness (QED) is 0.553. The topological polar surface area (TPSA) is 146 Å². The normalized spacial score (nSPS) is 40.4. The van der Waals surface area contributed by atoms with Crippen LogP contribution in [0.4, 0.5) is 5.82 Å². The molecule has 0 bridgehead atoms. The van der Waals surface area contributed by atoms with Crippen molar-refractivity contribution in [1.29, 1.82) is 0 Å². The number of nitrogens with zero attached hydrogens (tertiary/aromatic N) is 2. The number of esters is 2. The van der Waals surface area contributed by atoms with Crippen LogP contribution in [0.2, 0.25) is 0 Å². The summed E-state index contributed by atoms with van der Waals surface area (Å²) in [6.07, 6.45) is -0.361. The summed E-state index contributed by atoms with van der Waals surface area (Å²) in [6, 6.07) is 0. The highest BCUT2D eigenvalue weighted by Crippen LogP contribution is 2.74. The van der Waals surface area contributed by atoms with Crippen LogP contribution < -0.4 is 16.6 Å². The minimum absolute atomic E-state index is 0.0379. The van der Waals surface area contributed by atoms with Crippen LogP contribution in [0.1, 0.15) is 46.1 Å². The van der Waals surface area contributed by atoms with Crippen molar-refractivity contribution in [3.63, 3.8) is 0 Å². The van der Waals surface area contributed by atoms with Crippen LogP contribution in [0.5, 0.6) is 0 Å². The van der Waals surface area contributed by atoms with E-state index in [2.05, 4.69) is 12.2 Å². The van der Waals surface area contributed by atoms with Gasteiger partial charge in [0.05, 0.1) is 5.56 Å². The molecule has 1 amide bonds. The maximum Gasteiger partial charge on any atom is 0.332 e. The molecule has 3 aliphatic carbocycles. The van der Waals surface area contributed by atoms with Crippen molar-refractivity contribution in [2.75, 3.05) is 5.32 Å². The van der Waals surface area contributed by atoms with Gasteiger partial charge in [0.15, 0.2) is 0 Å². The Morgan fingerprint density at radius 1 is 1.08 bits per heavy atom. The van der Waals surface area contributed by atoms with E-state index in [1.165, 1.54) is 32.5 Å².